The molecule has 0 fully saturated rings. The van der Waals surface area contributed by atoms with Crippen molar-refractivity contribution < 1.29 is 38.2 Å². The first kappa shape index (κ1) is 43.5. The van der Waals surface area contributed by atoms with Gasteiger partial charge in [-0.2, -0.15) is 0 Å². The molecule has 0 bridgehead atoms. The number of alkyl carbamates (subject to hydrolysis) is 1. The van der Waals surface area contributed by atoms with Crippen LogP contribution in [0.15, 0.2) is 97.1 Å². The van der Waals surface area contributed by atoms with Gasteiger partial charge >= 0.3 is 12.2 Å². The number of aromatic amines is 1. The molecule has 4 aromatic carbocycles. The first-order valence-electron chi connectivity index (χ1n) is 19.7. The molecule has 1 aliphatic carbocycles. The van der Waals surface area contributed by atoms with Gasteiger partial charge in [0.1, 0.15) is 36.6 Å². The molecule has 0 aliphatic heterocycles. The number of amides is 4. The lowest BCUT2D eigenvalue weighted by atomic mass is 9.78. The summed E-state index contributed by atoms with van der Waals surface area (Å²) in [4.78, 5) is 70.7. The van der Waals surface area contributed by atoms with E-state index in [1.807, 2.05) is 55.5 Å². The van der Waals surface area contributed by atoms with Crippen molar-refractivity contribution in [3.8, 4) is 5.75 Å². The first-order valence-corrected chi connectivity index (χ1v) is 20.4. The number of primary amides is 1. The molecule has 0 spiro atoms. The standard InChI is InChI=1S/C45H47Cl2N5O8/c1-3-27(2)38(40(48)53)51-42(55)45(21-20-36-34(24-45)33-22-31(46)23-35(47)39(33)49-36)52-41(54)37(50-43(56)58-25-29-10-6-4-7-11-29)19-16-28-14-17-32(18-15-28)60-44(57)59-26-30-12-8-5-9-13-30/h4-15,17-18,22-23,27,37-38,49H,3,16,19-21,24-26H2,1-2H3,(H2,48,53)(H,50,56)(H,51,55)(H,52,54)/t27-,37-,38?,45+/m0/s1. The van der Waals surface area contributed by atoms with Gasteiger partial charge in [0.15, 0.2) is 0 Å². The van der Waals surface area contributed by atoms with Crippen LogP contribution in [0.25, 0.3) is 10.9 Å². The molecule has 13 nitrogen and oxygen atoms in total. The summed E-state index contributed by atoms with van der Waals surface area (Å²) in [7, 11) is 0. The number of benzene rings is 4. The molecule has 4 atom stereocenters. The summed E-state index contributed by atoms with van der Waals surface area (Å²) in [5, 5.41) is 10.0. The minimum absolute atomic E-state index is 0.0168. The van der Waals surface area contributed by atoms with Gasteiger partial charge < -0.3 is 40.9 Å². The number of aromatic nitrogens is 1. The molecule has 4 amide bonds. The Kier molecular flexibility index (Phi) is 14.4. The Morgan fingerprint density at radius 2 is 1.50 bits per heavy atom. The molecule has 5 aromatic rings. The number of carbonyl (C=O) groups excluding carboxylic acids is 5. The molecule has 15 heteroatoms. The Labute approximate surface area is 357 Å². The number of nitrogens with two attached hydrogens (primary N) is 1. The molecular formula is C45H47Cl2N5O8. The van der Waals surface area contributed by atoms with E-state index in [4.69, 9.17) is 43.1 Å². The zero-order valence-electron chi connectivity index (χ0n) is 33.2. The molecule has 1 heterocycles. The highest BCUT2D eigenvalue weighted by Gasteiger charge is 2.46. The van der Waals surface area contributed by atoms with Crippen molar-refractivity contribution in [1.29, 1.82) is 0 Å². The highest BCUT2D eigenvalue weighted by Crippen LogP contribution is 2.38. The third-order valence-electron chi connectivity index (χ3n) is 10.8. The van der Waals surface area contributed by atoms with Crippen LogP contribution >= 0.6 is 23.2 Å². The number of nitrogens with one attached hydrogen (secondary N) is 4. The van der Waals surface area contributed by atoms with Crippen LogP contribution in [0.1, 0.15) is 61.1 Å². The van der Waals surface area contributed by atoms with Crippen molar-refractivity contribution in [2.45, 2.75) is 83.2 Å². The molecule has 60 heavy (non-hydrogen) atoms. The van der Waals surface area contributed by atoms with E-state index in [-0.39, 0.29) is 50.6 Å². The normalized spacial score (nSPS) is 16.1. The van der Waals surface area contributed by atoms with Gasteiger partial charge in [-0.1, -0.05) is 116 Å². The fraction of sp³-hybridized carbons (Fsp3) is 0.311. The molecule has 1 unspecified atom stereocenters. The van der Waals surface area contributed by atoms with Gasteiger partial charge in [0.05, 0.1) is 10.5 Å². The lowest BCUT2D eigenvalue weighted by Crippen LogP contribution is -2.66. The number of hydrogen-bond acceptors (Lipinski definition) is 8. The van der Waals surface area contributed by atoms with Crippen LogP contribution in [0, 0.1) is 5.92 Å². The summed E-state index contributed by atoms with van der Waals surface area (Å²) in [6, 6.07) is 26.1. The largest absolute Gasteiger partial charge is 0.514 e. The van der Waals surface area contributed by atoms with E-state index < -0.39 is 47.6 Å². The minimum Gasteiger partial charge on any atom is -0.445 e. The second kappa shape index (κ2) is 19.8. The van der Waals surface area contributed by atoms with Crippen LogP contribution in [0.5, 0.6) is 5.75 Å². The van der Waals surface area contributed by atoms with Crippen LogP contribution in [0.2, 0.25) is 10.0 Å². The molecule has 0 saturated heterocycles. The Morgan fingerprint density at radius 3 is 2.13 bits per heavy atom. The molecule has 6 rings (SSSR count). The molecule has 1 aromatic heterocycles. The lowest BCUT2D eigenvalue weighted by molar-refractivity contribution is -0.137. The zero-order chi connectivity index (χ0) is 42.8. The Morgan fingerprint density at radius 1 is 0.850 bits per heavy atom. The molecule has 0 saturated carbocycles. The van der Waals surface area contributed by atoms with Gasteiger partial charge in [0.25, 0.3) is 0 Å². The van der Waals surface area contributed by atoms with Crippen LogP contribution in [-0.2, 0) is 56.3 Å². The van der Waals surface area contributed by atoms with Gasteiger partial charge in [-0.3, -0.25) is 14.4 Å². The monoisotopic (exact) mass is 855 g/mol. The number of hydrogen-bond donors (Lipinski definition) is 5. The van der Waals surface area contributed by atoms with Crippen LogP contribution in [0.3, 0.4) is 0 Å². The topological polar surface area (TPSA) is 191 Å². The second-order valence-corrected chi connectivity index (χ2v) is 15.8. The predicted molar refractivity (Wildman–Crippen MR) is 227 cm³/mol. The quantitative estimate of drug-likeness (QED) is 0.0499. The third-order valence-corrected chi connectivity index (χ3v) is 11.3. The maximum absolute atomic E-state index is 14.5. The Bertz CT molecular complexity index is 2320. The summed E-state index contributed by atoms with van der Waals surface area (Å²) in [6.45, 7) is 3.70. The van der Waals surface area contributed by atoms with Gasteiger partial charge in [0.2, 0.25) is 17.7 Å². The highest BCUT2D eigenvalue weighted by atomic mass is 35.5. The van der Waals surface area contributed by atoms with E-state index >= 15 is 0 Å². The molecular weight excluding hydrogens is 809 g/mol. The average molecular weight is 857 g/mol. The summed E-state index contributed by atoms with van der Waals surface area (Å²) >= 11 is 13.0. The smallest absolute Gasteiger partial charge is 0.445 e. The summed E-state index contributed by atoms with van der Waals surface area (Å²) in [6.07, 6.45) is -0.279. The van der Waals surface area contributed by atoms with E-state index in [2.05, 4.69) is 20.9 Å². The van der Waals surface area contributed by atoms with Gasteiger partial charge in [-0.15, -0.1) is 0 Å². The zero-order valence-corrected chi connectivity index (χ0v) is 34.7. The summed E-state index contributed by atoms with van der Waals surface area (Å²) < 4.78 is 16.0. The van der Waals surface area contributed by atoms with Gasteiger partial charge in [0, 0.05) is 22.5 Å². The maximum atomic E-state index is 14.5. The van der Waals surface area contributed by atoms with E-state index in [1.165, 1.54) is 0 Å². The number of rotatable bonds is 16. The average Bonchev–Trinajstić information content (AvgIpc) is 3.61. The number of aryl methyl sites for hydroxylation is 2. The number of halogens is 2. The predicted octanol–water partition coefficient (Wildman–Crippen LogP) is 7.48. The first-order chi connectivity index (χ1) is 28.8. The minimum atomic E-state index is -1.59. The van der Waals surface area contributed by atoms with Crippen LogP contribution in [-0.4, -0.2) is 52.6 Å². The molecule has 6 N–H and O–H groups in total. The van der Waals surface area contributed by atoms with Gasteiger partial charge in [-0.25, -0.2) is 9.59 Å². The Balaban J connectivity index is 1.23. The van der Waals surface area contributed by atoms with Crippen LogP contribution in [0.4, 0.5) is 9.59 Å². The van der Waals surface area contributed by atoms with Crippen LogP contribution < -0.4 is 26.4 Å². The fourth-order valence-electron chi connectivity index (χ4n) is 7.21. The third kappa shape index (κ3) is 11.0. The summed E-state index contributed by atoms with van der Waals surface area (Å²) in [5.74, 6) is -2.00. The second-order valence-electron chi connectivity index (χ2n) is 14.9. The fourth-order valence-corrected chi connectivity index (χ4v) is 7.75. The van der Waals surface area contributed by atoms with Crippen molar-refractivity contribution >= 4 is 64.1 Å². The summed E-state index contributed by atoms with van der Waals surface area (Å²) in [5.41, 5.74) is 8.71. The van der Waals surface area contributed by atoms with Crippen molar-refractivity contribution in [2.75, 3.05) is 0 Å². The maximum Gasteiger partial charge on any atom is 0.514 e. The lowest BCUT2D eigenvalue weighted by Gasteiger charge is -2.39. The van der Waals surface area contributed by atoms with E-state index in [1.54, 1.807) is 55.5 Å². The van der Waals surface area contributed by atoms with Crippen molar-refractivity contribution in [3.05, 3.63) is 135 Å². The van der Waals surface area contributed by atoms with Crippen molar-refractivity contribution in [3.63, 3.8) is 0 Å². The number of fused-ring (bicyclic) bond motifs is 3. The number of ether oxygens (including phenoxy) is 3. The van der Waals surface area contributed by atoms with Gasteiger partial charge in [-0.05, 0) is 78.1 Å². The van der Waals surface area contributed by atoms with E-state index in [0.717, 1.165) is 27.9 Å². The van der Waals surface area contributed by atoms with E-state index in [0.29, 0.717) is 33.8 Å². The number of H-pyrrole nitrogens is 1. The van der Waals surface area contributed by atoms with Crippen molar-refractivity contribution in [1.82, 2.24) is 20.9 Å². The van der Waals surface area contributed by atoms with E-state index in [9.17, 15) is 24.0 Å². The van der Waals surface area contributed by atoms with Crippen molar-refractivity contribution in [2.24, 2.45) is 11.7 Å². The number of carbonyl (C=O) groups is 5. The Hall–Kier alpha value is -6.05. The molecule has 314 valence electrons. The molecule has 1 aliphatic rings. The molecule has 0 radical (unpaired) electrons. The SMILES string of the molecule is CC[C@H](C)C(NC(=O)[C@@]1(NC(=O)[C@H](CCc2ccc(OC(=O)OCc3ccccc3)cc2)NC(=O)OCc2ccccc2)CCc2[nH]c3c(Cl)cc(Cl)cc3c2C1)C(N)=O. The highest BCUT2D eigenvalue weighted by molar-refractivity contribution is 6.38.